The minimum absolute atomic E-state index is 0.535. The molecule has 0 nitrogen and oxygen atoms in total. The quantitative estimate of drug-likeness (QED) is 0.555. The van der Waals surface area contributed by atoms with Crippen LogP contribution >= 0.6 is 0 Å². The molecule has 0 heterocycles. The van der Waals surface area contributed by atoms with E-state index in [1.165, 1.54) is 18.4 Å². The first-order valence-electron chi connectivity index (χ1n) is 5.09. The van der Waals surface area contributed by atoms with Crippen molar-refractivity contribution in [3.05, 3.63) is 12.2 Å². The Bertz CT molecular complexity index is 188. The third kappa shape index (κ3) is 0.901. The normalized spacial score (nSPS) is 45.9. The lowest BCUT2D eigenvalue weighted by Crippen LogP contribution is -2.04. The van der Waals surface area contributed by atoms with Crippen LogP contribution in [0.15, 0.2) is 12.2 Å². The van der Waals surface area contributed by atoms with Gasteiger partial charge in [-0.1, -0.05) is 39.8 Å². The molecule has 1 aliphatic rings. The fourth-order valence-electron chi connectivity index (χ4n) is 3.26. The summed E-state index contributed by atoms with van der Waals surface area (Å²) in [5.41, 5.74) is 2.45. The smallest absolute Gasteiger partial charge is 0.00901 e. The van der Waals surface area contributed by atoms with Gasteiger partial charge in [0.25, 0.3) is 0 Å². The molecular weight excluding hydrogens is 144 g/mol. The molecule has 0 aromatic heterocycles. The highest BCUT2D eigenvalue weighted by molar-refractivity contribution is 5.26. The first kappa shape index (κ1) is 9.83. The summed E-state index contributed by atoms with van der Waals surface area (Å²) in [6.07, 6.45) is 2.57. The minimum Gasteiger partial charge on any atom is -0.0998 e. The Labute approximate surface area is 77.1 Å². The fourth-order valence-corrected chi connectivity index (χ4v) is 3.26. The molecule has 12 heavy (non-hydrogen) atoms. The number of allylic oxidation sites excluding steroid dienone is 1. The Morgan fingerprint density at radius 2 is 1.50 bits per heavy atom. The molecule has 0 aromatic carbocycles. The van der Waals surface area contributed by atoms with Gasteiger partial charge in [0, 0.05) is 0 Å². The number of rotatable bonds is 3. The lowest BCUT2D eigenvalue weighted by Gasteiger charge is -2.13. The van der Waals surface area contributed by atoms with E-state index >= 15 is 0 Å². The van der Waals surface area contributed by atoms with Crippen LogP contribution in [0.25, 0.3) is 0 Å². The molecule has 0 aromatic rings. The first-order chi connectivity index (χ1) is 5.44. The van der Waals surface area contributed by atoms with Crippen molar-refractivity contribution in [3.63, 3.8) is 0 Å². The molecule has 0 spiro atoms. The molecule has 0 N–H and O–H groups in total. The maximum atomic E-state index is 4.10. The van der Waals surface area contributed by atoms with Crippen molar-refractivity contribution in [1.82, 2.24) is 0 Å². The van der Waals surface area contributed by atoms with E-state index < -0.39 is 0 Å². The highest BCUT2D eigenvalue weighted by Gasteiger charge is 2.67. The summed E-state index contributed by atoms with van der Waals surface area (Å²) in [5, 5.41) is 0. The van der Waals surface area contributed by atoms with Gasteiger partial charge in [-0.2, -0.15) is 0 Å². The van der Waals surface area contributed by atoms with Crippen LogP contribution in [0.5, 0.6) is 0 Å². The third-order valence-corrected chi connectivity index (χ3v) is 4.46. The largest absolute Gasteiger partial charge is 0.0998 e. The Morgan fingerprint density at radius 1 is 1.17 bits per heavy atom. The van der Waals surface area contributed by atoms with Crippen molar-refractivity contribution in [1.29, 1.82) is 0 Å². The van der Waals surface area contributed by atoms with Gasteiger partial charge < -0.3 is 0 Å². The van der Waals surface area contributed by atoms with Gasteiger partial charge in [0.05, 0.1) is 0 Å². The van der Waals surface area contributed by atoms with Crippen LogP contribution in [-0.4, -0.2) is 0 Å². The molecule has 0 bridgehead atoms. The van der Waals surface area contributed by atoms with Gasteiger partial charge >= 0.3 is 0 Å². The van der Waals surface area contributed by atoms with Gasteiger partial charge in [0.15, 0.2) is 0 Å². The summed E-state index contributed by atoms with van der Waals surface area (Å²) in [4.78, 5) is 0. The summed E-state index contributed by atoms with van der Waals surface area (Å²) in [5.74, 6) is 0.764. The summed E-state index contributed by atoms with van der Waals surface area (Å²) in [6.45, 7) is 15.7. The highest BCUT2D eigenvalue weighted by atomic mass is 14.7. The fraction of sp³-hybridized carbons (Fsp3) is 0.833. The molecule has 2 atom stereocenters. The average molecular weight is 166 g/mol. The van der Waals surface area contributed by atoms with Gasteiger partial charge in [0.1, 0.15) is 0 Å². The van der Waals surface area contributed by atoms with Crippen LogP contribution in [0, 0.1) is 16.7 Å². The van der Waals surface area contributed by atoms with Crippen molar-refractivity contribution in [2.75, 3.05) is 0 Å². The molecule has 1 aliphatic carbocycles. The van der Waals surface area contributed by atoms with Gasteiger partial charge in [-0.05, 0) is 36.5 Å². The zero-order valence-electron chi connectivity index (χ0n) is 9.20. The molecule has 0 heteroatoms. The van der Waals surface area contributed by atoms with Gasteiger partial charge in [-0.3, -0.25) is 0 Å². The Kier molecular flexibility index (Phi) is 2.14. The van der Waals surface area contributed by atoms with Crippen LogP contribution in [0.3, 0.4) is 0 Å². The van der Waals surface area contributed by atoms with E-state index in [4.69, 9.17) is 0 Å². The molecule has 0 amide bonds. The van der Waals surface area contributed by atoms with Gasteiger partial charge in [0.2, 0.25) is 0 Å². The van der Waals surface area contributed by atoms with E-state index in [1.54, 1.807) is 0 Å². The second-order valence-corrected chi connectivity index (χ2v) is 4.82. The first-order valence-corrected chi connectivity index (χ1v) is 5.09. The van der Waals surface area contributed by atoms with Crippen molar-refractivity contribution in [2.45, 2.75) is 47.5 Å². The molecule has 0 aliphatic heterocycles. The molecule has 1 rings (SSSR count). The monoisotopic (exact) mass is 166 g/mol. The SMILES string of the molecule is C=C(C)C1C(C)(CC)C1(C)CC. The van der Waals surface area contributed by atoms with Crippen molar-refractivity contribution < 1.29 is 0 Å². The molecular formula is C12H22. The van der Waals surface area contributed by atoms with Crippen molar-refractivity contribution >= 4 is 0 Å². The Morgan fingerprint density at radius 3 is 1.58 bits per heavy atom. The summed E-state index contributed by atoms with van der Waals surface area (Å²) in [6, 6.07) is 0. The maximum absolute atomic E-state index is 4.10. The standard InChI is InChI=1S/C12H22/c1-7-11(5)10(9(3)4)12(11,6)8-2/h10H,3,7-8H2,1-2,4-6H3. The second-order valence-electron chi connectivity index (χ2n) is 4.82. The molecule has 0 saturated heterocycles. The van der Waals surface area contributed by atoms with E-state index in [9.17, 15) is 0 Å². The second kappa shape index (κ2) is 2.61. The predicted molar refractivity (Wildman–Crippen MR) is 55.1 cm³/mol. The van der Waals surface area contributed by atoms with Crippen LogP contribution in [0.2, 0.25) is 0 Å². The van der Waals surface area contributed by atoms with Crippen LogP contribution in [0.1, 0.15) is 47.5 Å². The van der Waals surface area contributed by atoms with E-state index in [1.807, 2.05) is 0 Å². The van der Waals surface area contributed by atoms with E-state index in [0.29, 0.717) is 10.8 Å². The van der Waals surface area contributed by atoms with E-state index in [2.05, 4.69) is 41.2 Å². The Hall–Kier alpha value is -0.260. The molecule has 0 radical (unpaired) electrons. The van der Waals surface area contributed by atoms with Gasteiger partial charge in [-0.25, -0.2) is 0 Å². The van der Waals surface area contributed by atoms with Crippen LogP contribution in [0.4, 0.5) is 0 Å². The minimum atomic E-state index is 0.535. The lowest BCUT2D eigenvalue weighted by molar-refractivity contribution is 0.367. The van der Waals surface area contributed by atoms with Crippen LogP contribution in [-0.2, 0) is 0 Å². The predicted octanol–water partition coefficient (Wildman–Crippen LogP) is 4.02. The van der Waals surface area contributed by atoms with Gasteiger partial charge in [-0.15, -0.1) is 0 Å². The summed E-state index contributed by atoms with van der Waals surface area (Å²) < 4.78 is 0. The lowest BCUT2D eigenvalue weighted by atomic mass is 9.92. The number of hydrogen-bond donors (Lipinski definition) is 0. The highest BCUT2D eigenvalue weighted by Crippen LogP contribution is 2.74. The zero-order chi connectivity index (χ0) is 9.57. The summed E-state index contributed by atoms with van der Waals surface area (Å²) in [7, 11) is 0. The topological polar surface area (TPSA) is 0 Å². The Balaban J connectivity index is 2.87. The maximum Gasteiger partial charge on any atom is -0.00901 e. The third-order valence-electron chi connectivity index (χ3n) is 4.46. The molecule has 2 unspecified atom stereocenters. The number of hydrogen-bond acceptors (Lipinski definition) is 0. The molecule has 1 saturated carbocycles. The molecule has 70 valence electrons. The van der Waals surface area contributed by atoms with Crippen molar-refractivity contribution in [3.8, 4) is 0 Å². The van der Waals surface area contributed by atoms with E-state index in [0.717, 1.165) is 5.92 Å². The van der Waals surface area contributed by atoms with Crippen LogP contribution < -0.4 is 0 Å². The average Bonchev–Trinajstić information content (AvgIpc) is 2.51. The summed E-state index contributed by atoms with van der Waals surface area (Å²) >= 11 is 0. The van der Waals surface area contributed by atoms with E-state index in [-0.39, 0.29) is 0 Å². The zero-order valence-corrected chi connectivity index (χ0v) is 9.20. The van der Waals surface area contributed by atoms with Crippen molar-refractivity contribution in [2.24, 2.45) is 16.7 Å². The molecule has 1 fully saturated rings.